The van der Waals surface area contributed by atoms with Gasteiger partial charge < -0.3 is 19.9 Å². The molecule has 16 heavy (non-hydrogen) atoms. The third kappa shape index (κ3) is 3.04. The van der Waals surface area contributed by atoms with Crippen molar-refractivity contribution in [2.75, 3.05) is 20.1 Å². The van der Waals surface area contributed by atoms with E-state index in [0.717, 1.165) is 37.4 Å². The van der Waals surface area contributed by atoms with Gasteiger partial charge in [0.25, 0.3) is 0 Å². The van der Waals surface area contributed by atoms with Crippen LogP contribution in [0.5, 0.6) is 0 Å². The highest BCUT2D eigenvalue weighted by Crippen LogP contribution is 2.14. The number of likely N-dealkylation sites (tertiary alicyclic amines) is 1. The molecule has 1 aliphatic heterocycles. The van der Waals surface area contributed by atoms with Crippen molar-refractivity contribution in [3.63, 3.8) is 0 Å². The highest BCUT2D eigenvalue weighted by Gasteiger charge is 2.17. The molecule has 0 aliphatic carbocycles. The van der Waals surface area contributed by atoms with E-state index in [1.165, 1.54) is 0 Å². The van der Waals surface area contributed by atoms with E-state index in [4.69, 9.17) is 15.0 Å². The van der Waals surface area contributed by atoms with Gasteiger partial charge in [0.2, 0.25) is 0 Å². The predicted octanol–water partition coefficient (Wildman–Crippen LogP) is 0.744. The van der Waals surface area contributed by atoms with E-state index in [0.29, 0.717) is 19.3 Å². The van der Waals surface area contributed by atoms with Crippen molar-refractivity contribution in [3.8, 4) is 0 Å². The van der Waals surface area contributed by atoms with Crippen LogP contribution < -0.4 is 5.73 Å². The molecule has 1 aliphatic rings. The molecule has 1 aromatic rings. The van der Waals surface area contributed by atoms with Crippen LogP contribution in [-0.2, 0) is 17.9 Å². The van der Waals surface area contributed by atoms with Crippen LogP contribution in [0.4, 0.5) is 0 Å². The largest absolute Gasteiger partial charge is 0.370 e. The molecule has 0 amide bonds. The first-order chi connectivity index (χ1) is 7.78. The summed E-state index contributed by atoms with van der Waals surface area (Å²) in [6, 6.07) is 1.86. The maximum absolute atomic E-state index is 5.77. The summed E-state index contributed by atoms with van der Waals surface area (Å²) in [6.07, 6.45) is 2.53. The minimum absolute atomic E-state index is 0.350. The van der Waals surface area contributed by atoms with E-state index in [1.54, 1.807) is 0 Å². The zero-order valence-corrected chi connectivity index (χ0v) is 9.69. The predicted molar refractivity (Wildman–Crippen MR) is 59.7 cm³/mol. The van der Waals surface area contributed by atoms with Crippen molar-refractivity contribution >= 4 is 0 Å². The van der Waals surface area contributed by atoms with Crippen LogP contribution in [-0.4, -0.2) is 36.3 Å². The number of hydrogen-bond acceptors (Lipinski definition) is 5. The molecule has 2 N–H and O–H groups in total. The Kier molecular flexibility index (Phi) is 3.93. The number of piperidine rings is 1. The van der Waals surface area contributed by atoms with Gasteiger partial charge in [0, 0.05) is 25.7 Å². The van der Waals surface area contributed by atoms with E-state index in [1.807, 2.05) is 6.07 Å². The number of aromatic nitrogens is 1. The summed E-state index contributed by atoms with van der Waals surface area (Å²) in [5.74, 6) is 0.763. The molecule has 2 rings (SSSR count). The smallest absolute Gasteiger partial charge is 0.162 e. The lowest BCUT2D eigenvalue weighted by Crippen LogP contribution is -2.34. The molecule has 1 saturated heterocycles. The van der Waals surface area contributed by atoms with Gasteiger partial charge in [-0.1, -0.05) is 5.16 Å². The standard InChI is InChI=1S/C11H19N3O2/c1-14-4-2-10(3-5-14)15-8-11-6-9(7-12)13-16-11/h6,10H,2-5,7-8,12H2,1H3. The highest BCUT2D eigenvalue weighted by molar-refractivity contribution is 5.03. The summed E-state index contributed by atoms with van der Waals surface area (Å²) in [5, 5.41) is 3.82. The fourth-order valence-electron chi connectivity index (χ4n) is 1.87. The molecule has 0 spiro atoms. The van der Waals surface area contributed by atoms with Gasteiger partial charge in [0.1, 0.15) is 6.61 Å². The van der Waals surface area contributed by atoms with E-state index < -0.39 is 0 Å². The number of hydrogen-bond donors (Lipinski definition) is 1. The first-order valence-electron chi connectivity index (χ1n) is 5.72. The topological polar surface area (TPSA) is 64.5 Å². The Morgan fingerprint density at radius 3 is 2.94 bits per heavy atom. The molecule has 5 nitrogen and oxygen atoms in total. The van der Waals surface area contributed by atoms with Crippen LogP contribution in [0.25, 0.3) is 0 Å². The Labute approximate surface area is 95.5 Å². The van der Waals surface area contributed by atoms with Crippen molar-refractivity contribution in [1.29, 1.82) is 0 Å². The lowest BCUT2D eigenvalue weighted by Gasteiger charge is -2.28. The molecule has 0 aromatic carbocycles. The van der Waals surface area contributed by atoms with Crippen LogP contribution in [0.3, 0.4) is 0 Å². The third-order valence-electron chi connectivity index (χ3n) is 2.94. The van der Waals surface area contributed by atoms with Gasteiger partial charge in [-0.25, -0.2) is 0 Å². The maximum atomic E-state index is 5.77. The fourth-order valence-corrected chi connectivity index (χ4v) is 1.87. The van der Waals surface area contributed by atoms with E-state index in [-0.39, 0.29) is 0 Å². The Morgan fingerprint density at radius 1 is 1.56 bits per heavy atom. The molecule has 2 heterocycles. The first kappa shape index (κ1) is 11.6. The van der Waals surface area contributed by atoms with Crippen LogP contribution >= 0.6 is 0 Å². The Bertz CT molecular complexity index is 319. The van der Waals surface area contributed by atoms with Crippen LogP contribution in [0.15, 0.2) is 10.6 Å². The van der Waals surface area contributed by atoms with Gasteiger partial charge >= 0.3 is 0 Å². The van der Waals surface area contributed by atoms with Crippen molar-refractivity contribution in [2.45, 2.75) is 32.1 Å². The molecular weight excluding hydrogens is 206 g/mol. The second-order valence-corrected chi connectivity index (χ2v) is 4.30. The molecule has 0 bridgehead atoms. The van der Waals surface area contributed by atoms with E-state index in [9.17, 15) is 0 Å². The van der Waals surface area contributed by atoms with Crippen molar-refractivity contribution in [2.24, 2.45) is 5.73 Å². The number of nitrogens with zero attached hydrogens (tertiary/aromatic N) is 2. The second-order valence-electron chi connectivity index (χ2n) is 4.30. The van der Waals surface area contributed by atoms with Crippen molar-refractivity contribution in [1.82, 2.24) is 10.1 Å². The van der Waals surface area contributed by atoms with Gasteiger partial charge in [-0.3, -0.25) is 0 Å². The zero-order valence-electron chi connectivity index (χ0n) is 9.69. The number of rotatable bonds is 4. The number of nitrogens with two attached hydrogens (primary N) is 1. The molecule has 0 radical (unpaired) electrons. The molecule has 0 atom stereocenters. The summed E-state index contributed by atoms with van der Waals surface area (Å²) in [5.41, 5.74) is 6.23. The summed E-state index contributed by atoms with van der Waals surface area (Å²) in [6.45, 7) is 3.13. The Hall–Kier alpha value is -0.910. The Morgan fingerprint density at radius 2 is 2.31 bits per heavy atom. The molecule has 1 fully saturated rings. The van der Waals surface area contributed by atoms with Gasteiger partial charge in [-0.15, -0.1) is 0 Å². The lowest BCUT2D eigenvalue weighted by atomic mass is 10.1. The van der Waals surface area contributed by atoms with Gasteiger partial charge in [0.05, 0.1) is 11.8 Å². The molecular formula is C11H19N3O2. The summed E-state index contributed by atoms with van der Waals surface area (Å²) in [7, 11) is 2.14. The van der Waals surface area contributed by atoms with Crippen molar-refractivity contribution in [3.05, 3.63) is 17.5 Å². The third-order valence-corrected chi connectivity index (χ3v) is 2.94. The highest BCUT2D eigenvalue weighted by atomic mass is 16.5. The lowest BCUT2D eigenvalue weighted by molar-refractivity contribution is -0.00652. The van der Waals surface area contributed by atoms with Crippen LogP contribution in [0.1, 0.15) is 24.3 Å². The quantitative estimate of drug-likeness (QED) is 0.819. The summed E-state index contributed by atoms with van der Waals surface area (Å²) in [4.78, 5) is 2.32. The van der Waals surface area contributed by atoms with E-state index in [2.05, 4.69) is 17.1 Å². The Balaban J connectivity index is 1.74. The van der Waals surface area contributed by atoms with Gasteiger partial charge in [-0.05, 0) is 19.9 Å². The minimum atomic E-state index is 0.350. The maximum Gasteiger partial charge on any atom is 0.162 e. The average Bonchev–Trinajstić information content (AvgIpc) is 2.76. The molecule has 1 aromatic heterocycles. The molecule has 0 saturated carbocycles. The van der Waals surface area contributed by atoms with Gasteiger partial charge in [0.15, 0.2) is 5.76 Å². The van der Waals surface area contributed by atoms with Crippen molar-refractivity contribution < 1.29 is 9.26 Å². The average molecular weight is 225 g/mol. The summed E-state index contributed by atoms with van der Waals surface area (Å²) >= 11 is 0. The first-order valence-corrected chi connectivity index (χ1v) is 5.72. The molecule has 5 heteroatoms. The van der Waals surface area contributed by atoms with Crippen LogP contribution in [0, 0.1) is 0 Å². The van der Waals surface area contributed by atoms with E-state index >= 15 is 0 Å². The SMILES string of the molecule is CN1CCC(OCc2cc(CN)no2)CC1. The minimum Gasteiger partial charge on any atom is -0.370 e. The monoisotopic (exact) mass is 225 g/mol. The number of ether oxygens (including phenoxy) is 1. The molecule has 0 unspecified atom stereocenters. The summed E-state index contributed by atoms with van der Waals surface area (Å²) < 4.78 is 10.9. The zero-order chi connectivity index (χ0) is 11.4. The fraction of sp³-hybridized carbons (Fsp3) is 0.727. The van der Waals surface area contributed by atoms with Crippen LogP contribution in [0.2, 0.25) is 0 Å². The molecule has 90 valence electrons. The normalized spacial score (nSPS) is 19.1. The second kappa shape index (κ2) is 5.43. The van der Waals surface area contributed by atoms with Gasteiger partial charge in [-0.2, -0.15) is 0 Å².